The van der Waals surface area contributed by atoms with E-state index in [-0.39, 0.29) is 11.1 Å². The van der Waals surface area contributed by atoms with Crippen LogP contribution < -0.4 is 10.9 Å². The van der Waals surface area contributed by atoms with Crippen molar-refractivity contribution in [2.24, 2.45) is 0 Å². The van der Waals surface area contributed by atoms with Crippen molar-refractivity contribution in [1.29, 1.82) is 0 Å². The van der Waals surface area contributed by atoms with Crippen LogP contribution in [0.3, 0.4) is 0 Å². The molecular weight excluding hydrogens is 347 g/mol. The number of carbonyl (C=O) groups is 1. The Balaban J connectivity index is 1.93. The number of aryl methyl sites for hydroxylation is 1. The standard InChI is InChI=1S/C18H14F3N3O2/c1-11-23-15-5-3-2-4-14(15)17(26)24(11)13-8-6-12(7-9-13)16(25)22-10-18(19,20)21/h2-9H,10H2,1H3,(H,22,25). The number of hydrogen-bond acceptors (Lipinski definition) is 3. The Morgan fingerprint density at radius 1 is 1.12 bits per heavy atom. The number of amides is 1. The normalized spacial score (nSPS) is 11.5. The van der Waals surface area contributed by atoms with Gasteiger partial charge in [0.2, 0.25) is 0 Å². The van der Waals surface area contributed by atoms with E-state index in [9.17, 15) is 22.8 Å². The topological polar surface area (TPSA) is 64.0 Å². The quantitative estimate of drug-likeness (QED) is 0.780. The molecule has 0 spiro atoms. The molecule has 0 atom stereocenters. The highest BCUT2D eigenvalue weighted by atomic mass is 19.4. The lowest BCUT2D eigenvalue weighted by atomic mass is 10.2. The summed E-state index contributed by atoms with van der Waals surface area (Å²) in [6.07, 6.45) is -4.48. The Morgan fingerprint density at radius 2 is 1.77 bits per heavy atom. The van der Waals surface area contributed by atoms with Crippen molar-refractivity contribution in [3.05, 3.63) is 70.3 Å². The van der Waals surface area contributed by atoms with E-state index in [1.807, 2.05) is 0 Å². The molecule has 1 N–H and O–H groups in total. The van der Waals surface area contributed by atoms with Gasteiger partial charge in [-0.3, -0.25) is 14.2 Å². The molecule has 0 aliphatic heterocycles. The average Bonchev–Trinajstić information content (AvgIpc) is 2.59. The lowest BCUT2D eigenvalue weighted by Gasteiger charge is -2.12. The zero-order valence-corrected chi connectivity index (χ0v) is 13.7. The predicted octanol–water partition coefficient (Wildman–Crippen LogP) is 2.99. The first-order valence-corrected chi connectivity index (χ1v) is 7.70. The van der Waals surface area contributed by atoms with Gasteiger partial charge in [0.05, 0.1) is 16.6 Å². The minimum atomic E-state index is -4.48. The maximum atomic E-state index is 12.7. The Labute approximate surface area is 146 Å². The van der Waals surface area contributed by atoms with Crippen LogP contribution >= 0.6 is 0 Å². The van der Waals surface area contributed by atoms with E-state index in [4.69, 9.17) is 0 Å². The minimum Gasteiger partial charge on any atom is -0.343 e. The van der Waals surface area contributed by atoms with E-state index in [2.05, 4.69) is 4.98 Å². The van der Waals surface area contributed by atoms with Crippen molar-refractivity contribution in [2.45, 2.75) is 13.1 Å². The number of alkyl halides is 3. The summed E-state index contributed by atoms with van der Waals surface area (Å²) in [5.41, 5.74) is 0.854. The second-order valence-corrected chi connectivity index (χ2v) is 5.66. The minimum absolute atomic E-state index is 0.0671. The first-order chi connectivity index (χ1) is 12.3. The van der Waals surface area contributed by atoms with E-state index in [1.165, 1.54) is 28.8 Å². The molecular formula is C18H14F3N3O2. The molecule has 1 aromatic heterocycles. The van der Waals surface area contributed by atoms with Gasteiger partial charge in [0, 0.05) is 5.56 Å². The zero-order valence-electron chi connectivity index (χ0n) is 13.7. The molecule has 0 aliphatic carbocycles. The third kappa shape index (κ3) is 3.58. The fraction of sp³-hybridized carbons (Fsp3) is 0.167. The molecule has 1 heterocycles. The van der Waals surface area contributed by atoms with E-state index in [0.717, 1.165) is 0 Å². The van der Waals surface area contributed by atoms with Crippen LogP contribution in [0.25, 0.3) is 16.6 Å². The first-order valence-electron chi connectivity index (χ1n) is 7.70. The number of hydrogen-bond donors (Lipinski definition) is 1. The van der Waals surface area contributed by atoms with Gasteiger partial charge in [0.1, 0.15) is 12.4 Å². The molecule has 3 rings (SSSR count). The van der Waals surface area contributed by atoms with Gasteiger partial charge in [-0.25, -0.2) is 4.98 Å². The summed E-state index contributed by atoms with van der Waals surface area (Å²) < 4.78 is 37.9. The number of nitrogens with one attached hydrogen (secondary N) is 1. The summed E-state index contributed by atoms with van der Waals surface area (Å²) in [4.78, 5) is 28.8. The van der Waals surface area contributed by atoms with Gasteiger partial charge in [-0.05, 0) is 43.3 Å². The average molecular weight is 361 g/mol. The van der Waals surface area contributed by atoms with Gasteiger partial charge in [-0.2, -0.15) is 13.2 Å². The van der Waals surface area contributed by atoms with Crippen molar-refractivity contribution < 1.29 is 18.0 Å². The summed E-state index contributed by atoms with van der Waals surface area (Å²) in [5, 5.41) is 2.25. The molecule has 0 aliphatic rings. The number of nitrogens with zero attached hydrogens (tertiary/aromatic N) is 2. The Bertz CT molecular complexity index is 1020. The number of fused-ring (bicyclic) bond motifs is 1. The molecule has 3 aromatic rings. The highest BCUT2D eigenvalue weighted by Gasteiger charge is 2.27. The molecule has 5 nitrogen and oxygen atoms in total. The van der Waals surface area contributed by atoms with Gasteiger partial charge in [-0.15, -0.1) is 0 Å². The van der Waals surface area contributed by atoms with Gasteiger partial charge >= 0.3 is 6.18 Å². The summed E-state index contributed by atoms with van der Waals surface area (Å²) in [6.45, 7) is 0.276. The fourth-order valence-corrected chi connectivity index (χ4v) is 2.59. The third-order valence-electron chi connectivity index (χ3n) is 3.78. The predicted molar refractivity (Wildman–Crippen MR) is 90.5 cm³/mol. The monoisotopic (exact) mass is 361 g/mol. The molecule has 0 unspecified atom stereocenters. The molecule has 26 heavy (non-hydrogen) atoms. The van der Waals surface area contributed by atoms with Crippen LogP contribution in [0.15, 0.2) is 53.3 Å². The molecule has 2 aromatic carbocycles. The summed E-state index contributed by atoms with van der Waals surface area (Å²) in [7, 11) is 0. The van der Waals surface area contributed by atoms with Gasteiger partial charge in [0.25, 0.3) is 11.5 Å². The second kappa shape index (κ2) is 6.62. The lowest BCUT2D eigenvalue weighted by Crippen LogP contribution is -2.33. The van der Waals surface area contributed by atoms with E-state index in [1.54, 1.807) is 36.5 Å². The second-order valence-electron chi connectivity index (χ2n) is 5.66. The van der Waals surface area contributed by atoms with Crippen LogP contribution in [0, 0.1) is 6.92 Å². The smallest absolute Gasteiger partial charge is 0.343 e. The molecule has 0 bridgehead atoms. The molecule has 0 saturated heterocycles. The molecule has 134 valence electrons. The van der Waals surface area contributed by atoms with Crippen molar-refractivity contribution in [1.82, 2.24) is 14.9 Å². The molecule has 8 heteroatoms. The van der Waals surface area contributed by atoms with Crippen LogP contribution in [0.5, 0.6) is 0 Å². The molecule has 0 saturated carbocycles. The van der Waals surface area contributed by atoms with E-state index in [0.29, 0.717) is 22.4 Å². The maximum absolute atomic E-state index is 12.7. The summed E-state index contributed by atoms with van der Waals surface area (Å²) in [5.74, 6) is -0.377. The van der Waals surface area contributed by atoms with Crippen molar-refractivity contribution in [3.63, 3.8) is 0 Å². The van der Waals surface area contributed by atoms with Crippen LogP contribution in [0.2, 0.25) is 0 Å². The number of rotatable bonds is 3. The van der Waals surface area contributed by atoms with Crippen LogP contribution in [0.1, 0.15) is 16.2 Å². The lowest BCUT2D eigenvalue weighted by molar-refractivity contribution is -0.123. The van der Waals surface area contributed by atoms with Gasteiger partial charge in [-0.1, -0.05) is 12.1 Å². The van der Waals surface area contributed by atoms with Crippen molar-refractivity contribution in [3.8, 4) is 5.69 Å². The SMILES string of the molecule is Cc1nc2ccccc2c(=O)n1-c1ccc(C(=O)NCC(F)(F)F)cc1. The number of para-hydroxylation sites is 1. The largest absolute Gasteiger partial charge is 0.405 e. The molecule has 1 amide bonds. The fourth-order valence-electron chi connectivity index (χ4n) is 2.59. The molecule has 0 fully saturated rings. The maximum Gasteiger partial charge on any atom is 0.405 e. The number of halogens is 3. The highest BCUT2D eigenvalue weighted by Crippen LogP contribution is 2.15. The van der Waals surface area contributed by atoms with E-state index < -0.39 is 18.6 Å². The number of benzene rings is 2. The Morgan fingerprint density at radius 3 is 2.42 bits per heavy atom. The van der Waals surface area contributed by atoms with Crippen LogP contribution in [-0.2, 0) is 0 Å². The van der Waals surface area contributed by atoms with Crippen LogP contribution in [0.4, 0.5) is 13.2 Å². The number of carbonyl (C=O) groups excluding carboxylic acids is 1. The summed E-state index contributed by atoms with van der Waals surface area (Å²) in [6, 6.07) is 12.6. The van der Waals surface area contributed by atoms with Crippen LogP contribution in [-0.4, -0.2) is 28.2 Å². The third-order valence-corrected chi connectivity index (χ3v) is 3.78. The van der Waals surface area contributed by atoms with Gasteiger partial charge in [0.15, 0.2) is 0 Å². The Hall–Kier alpha value is -3.16. The summed E-state index contributed by atoms with van der Waals surface area (Å²) >= 11 is 0. The Kier molecular flexibility index (Phi) is 4.50. The van der Waals surface area contributed by atoms with Gasteiger partial charge < -0.3 is 5.32 Å². The van der Waals surface area contributed by atoms with E-state index >= 15 is 0 Å². The highest BCUT2D eigenvalue weighted by molar-refractivity contribution is 5.94. The van der Waals surface area contributed by atoms with Crippen molar-refractivity contribution in [2.75, 3.05) is 6.54 Å². The number of aromatic nitrogens is 2. The zero-order chi connectivity index (χ0) is 18.9. The van der Waals surface area contributed by atoms with Crippen molar-refractivity contribution >= 4 is 16.8 Å². The molecule has 0 radical (unpaired) electrons. The first kappa shape index (κ1) is 17.7.